The SMILES string of the molecule is COC(=O)[B-](F)[N+](C)(C)C. The summed E-state index contributed by atoms with van der Waals surface area (Å²) in [6.07, 6.45) is 0. The van der Waals surface area contributed by atoms with Gasteiger partial charge >= 0.3 is 7.12 Å². The number of nitrogens with zero attached hydrogens (tertiary/aromatic N) is 1. The molecule has 0 atom stereocenters. The third-order valence-electron chi connectivity index (χ3n) is 1.08. The lowest BCUT2D eigenvalue weighted by molar-refractivity contribution is -0.765. The number of ether oxygens (including phenoxy) is 1. The van der Waals surface area contributed by atoms with E-state index in [0.29, 0.717) is 0 Å². The van der Waals surface area contributed by atoms with E-state index in [1.807, 2.05) is 0 Å². The number of hydrogen-bond donors (Lipinski definition) is 0. The summed E-state index contributed by atoms with van der Waals surface area (Å²) in [6.45, 7) is 0. The first-order chi connectivity index (χ1) is 4.39. The highest BCUT2D eigenvalue weighted by Crippen LogP contribution is 2.01. The highest BCUT2D eigenvalue weighted by atomic mass is 19.1. The zero-order chi connectivity index (χ0) is 8.36. The van der Waals surface area contributed by atoms with Crippen molar-refractivity contribution in [3.8, 4) is 0 Å². The second-order valence-electron chi connectivity index (χ2n) is 2.98. The topological polar surface area (TPSA) is 26.3 Å². The predicted molar refractivity (Wildman–Crippen MR) is 37.3 cm³/mol. The van der Waals surface area contributed by atoms with Gasteiger partial charge in [-0.1, -0.05) is 0 Å². The molecule has 0 saturated heterocycles. The molecule has 0 N–H and O–H groups in total. The standard InChI is InChI=1S/C5H12BFNO2/c1-8(2,3)6(7)5(9)10-4/h1-4H3. The van der Waals surface area contributed by atoms with Crippen LogP contribution in [0.5, 0.6) is 0 Å². The van der Waals surface area contributed by atoms with Gasteiger partial charge in [0.25, 0.3) is 0 Å². The first kappa shape index (κ1) is 9.42. The molecule has 0 aliphatic rings. The molecule has 0 rings (SSSR count). The van der Waals surface area contributed by atoms with E-state index in [2.05, 4.69) is 4.74 Å². The Morgan fingerprint density at radius 3 is 2.00 bits per heavy atom. The molecule has 0 aliphatic carbocycles. The summed E-state index contributed by atoms with van der Waals surface area (Å²) in [7, 11) is 4.33. The largest absolute Gasteiger partial charge is 0.507 e. The van der Waals surface area contributed by atoms with E-state index in [1.54, 1.807) is 21.1 Å². The molecule has 0 amide bonds. The number of halogens is 1. The van der Waals surface area contributed by atoms with Gasteiger partial charge in [-0.25, -0.2) is 0 Å². The van der Waals surface area contributed by atoms with Crippen molar-refractivity contribution >= 4 is 13.0 Å². The third-order valence-corrected chi connectivity index (χ3v) is 1.08. The lowest BCUT2D eigenvalue weighted by Gasteiger charge is -2.36. The van der Waals surface area contributed by atoms with Crippen LogP contribution in [0.3, 0.4) is 0 Å². The Kier molecular flexibility index (Phi) is 2.84. The first-order valence-electron chi connectivity index (χ1n) is 2.92. The fourth-order valence-electron chi connectivity index (χ4n) is 0.413. The Bertz CT molecular complexity index is 134. The van der Waals surface area contributed by atoms with Crippen LogP contribution in [0.25, 0.3) is 0 Å². The molecule has 5 heteroatoms. The number of carbonyl (C=O) groups is 1. The van der Waals surface area contributed by atoms with Crippen molar-refractivity contribution < 1.29 is 18.2 Å². The molecule has 3 nitrogen and oxygen atoms in total. The first-order valence-corrected chi connectivity index (χ1v) is 2.92. The molecule has 0 fully saturated rings. The molecule has 1 radical (unpaired) electrons. The van der Waals surface area contributed by atoms with Crippen LogP contribution in [0.4, 0.5) is 9.11 Å². The molecule has 0 aromatic rings. The summed E-state index contributed by atoms with van der Waals surface area (Å²) in [5, 5.41) is 0. The van der Waals surface area contributed by atoms with Crippen LogP contribution in [-0.2, 0) is 4.74 Å². The number of methoxy groups -OCH3 is 1. The average Bonchev–Trinajstić information content (AvgIpc) is 1.83. The van der Waals surface area contributed by atoms with Crippen LogP contribution in [0.2, 0.25) is 0 Å². The predicted octanol–water partition coefficient (Wildman–Crippen LogP) is 0.498. The van der Waals surface area contributed by atoms with Gasteiger partial charge in [0.15, 0.2) is 0 Å². The van der Waals surface area contributed by atoms with Gasteiger partial charge < -0.3 is 13.4 Å². The maximum Gasteiger partial charge on any atom is 0.434 e. The van der Waals surface area contributed by atoms with E-state index in [-0.39, 0.29) is 4.39 Å². The van der Waals surface area contributed by atoms with Crippen LogP contribution >= 0.6 is 0 Å². The molecule has 10 heavy (non-hydrogen) atoms. The zero-order valence-electron chi connectivity index (χ0n) is 6.72. The molecule has 0 aromatic heterocycles. The molecular formula is C5H12BFNO2. The molecule has 0 aromatic carbocycles. The van der Waals surface area contributed by atoms with Crippen molar-refractivity contribution in [1.29, 1.82) is 0 Å². The Hall–Kier alpha value is -0.575. The van der Waals surface area contributed by atoms with E-state index in [4.69, 9.17) is 0 Å². The Morgan fingerprint density at radius 1 is 1.50 bits per heavy atom. The quantitative estimate of drug-likeness (QED) is 0.533. The van der Waals surface area contributed by atoms with Gasteiger partial charge in [-0.3, -0.25) is 4.79 Å². The van der Waals surface area contributed by atoms with Crippen LogP contribution in [-0.4, -0.2) is 45.6 Å². The average molecular weight is 148 g/mol. The number of carbonyl (C=O) groups excluding carboxylic acids is 1. The number of hydrogen-bond acceptors (Lipinski definition) is 2. The van der Waals surface area contributed by atoms with E-state index < -0.39 is 13.0 Å². The Morgan fingerprint density at radius 2 is 1.90 bits per heavy atom. The molecule has 0 spiro atoms. The minimum Gasteiger partial charge on any atom is -0.507 e. The zero-order valence-corrected chi connectivity index (χ0v) is 6.72. The highest BCUT2D eigenvalue weighted by Gasteiger charge is 2.24. The molecule has 59 valence electrons. The minimum atomic E-state index is -1.59. The molecule has 0 unspecified atom stereocenters. The maximum atomic E-state index is 12.8. The maximum absolute atomic E-state index is 12.8. The molecule has 0 aliphatic heterocycles. The van der Waals surface area contributed by atoms with Crippen molar-refractivity contribution in [1.82, 2.24) is 0 Å². The van der Waals surface area contributed by atoms with E-state index in [9.17, 15) is 9.11 Å². The van der Waals surface area contributed by atoms with Crippen LogP contribution in [0, 0.1) is 0 Å². The van der Waals surface area contributed by atoms with Crippen molar-refractivity contribution in [2.24, 2.45) is 0 Å². The summed E-state index contributed by atoms with van der Waals surface area (Å²) in [4.78, 5) is 10.5. The third kappa shape index (κ3) is 2.35. The molecular weight excluding hydrogens is 136 g/mol. The molecule has 0 bridgehead atoms. The summed E-state index contributed by atoms with van der Waals surface area (Å²) in [5.74, 6) is -0.826. The second kappa shape index (κ2) is 3.01. The van der Waals surface area contributed by atoms with Gasteiger partial charge in [0.1, 0.15) is 0 Å². The summed E-state index contributed by atoms with van der Waals surface area (Å²) >= 11 is 0. The van der Waals surface area contributed by atoms with E-state index in [0.717, 1.165) is 0 Å². The molecule has 0 heterocycles. The van der Waals surface area contributed by atoms with Crippen molar-refractivity contribution in [3.63, 3.8) is 0 Å². The van der Waals surface area contributed by atoms with Gasteiger partial charge in [-0.2, -0.15) is 0 Å². The van der Waals surface area contributed by atoms with E-state index in [1.165, 1.54) is 7.11 Å². The minimum absolute atomic E-state index is 0.0628. The highest BCUT2D eigenvalue weighted by molar-refractivity contribution is 6.77. The Labute approximate surface area is 60.5 Å². The van der Waals surface area contributed by atoms with E-state index >= 15 is 0 Å². The lowest BCUT2D eigenvalue weighted by Crippen LogP contribution is -2.51. The summed E-state index contributed by atoms with van der Waals surface area (Å²) < 4.78 is 16.9. The van der Waals surface area contributed by atoms with Crippen molar-refractivity contribution in [2.45, 2.75) is 0 Å². The van der Waals surface area contributed by atoms with Gasteiger partial charge in [-0.15, -0.1) is 0 Å². The summed E-state index contributed by atoms with van der Waals surface area (Å²) in [6, 6.07) is 0. The summed E-state index contributed by atoms with van der Waals surface area (Å²) in [5.41, 5.74) is 0. The van der Waals surface area contributed by atoms with Crippen LogP contribution < -0.4 is 0 Å². The lowest BCUT2D eigenvalue weighted by atomic mass is 9.83. The van der Waals surface area contributed by atoms with Gasteiger partial charge in [0.05, 0.1) is 7.11 Å². The van der Waals surface area contributed by atoms with Crippen molar-refractivity contribution in [2.75, 3.05) is 28.3 Å². The fourth-order valence-corrected chi connectivity index (χ4v) is 0.413. The number of quaternary nitrogens is 1. The van der Waals surface area contributed by atoms with Crippen molar-refractivity contribution in [3.05, 3.63) is 0 Å². The van der Waals surface area contributed by atoms with Crippen LogP contribution in [0.15, 0.2) is 0 Å². The smallest absolute Gasteiger partial charge is 0.434 e. The second-order valence-corrected chi connectivity index (χ2v) is 2.98. The fraction of sp³-hybridized carbons (Fsp3) is 0.800. The van der Waals surface area contributed by atoms with Gasteiger partial charge in [0, 0.05) is 21.1 Å². The number of rotatable bonds is 2. The van der Waals surface area contributed by atoms with Gasteiger partial charge in [0.2, 0.25) is 5.87 Å². The Balaban J connectivity index is 4.08. The molecule has 0 saturated carbocycles. The van der Waals surface area contributed by atoms with Crippen LogP contribution in [0.1, 0.15) is 0 Å². The normalized spacial score (nSPS) is 11.8. The monoisotopic (exact) mass is 148 g/mol. The van der Waals surface area contributed by atoms with Gasteiger partial charge in [-0.05, 0) is 0 Å².